The second kappa shape index (κ2) is 4.91. The van der Waals surface area contributed by atoms with Crippen LogP contribution in [0.3, 0.4) is 0 Å². The van der Waals surface area contributed by atoms with Crippen LogP contribution in [0.25, 0.3) is 10.9 Å². The van der Waals surface area contributed by atoms with Crippen molar-refractivity contribution in [3.05, 3.63) is 24.3 Å². The Labute approximate surface area is 97.9 Å². The Morgan fingerprint density at radius 3 is 3.06 bits per heavy atom. The molecule has 1 heterocycles. The third kappa shape index (κ3) is 2.29. The number of benzene rings is 1. The number of aromatic nitrogens is 2. The molecule has 0 fully saturated rings. The molecule has 0 aliphatic carbocycles. The molecule has 84 valence electrons. The van der Waals surface area contributed by atoms with Gasteiger partial charge in [0.1, 0.15) is 0 Å². The van der Waals surface area contributed by atoms with Crippen LogP contribution in [0.2, 0.25) is 0 Å². The van der Waals surface area contributed by atoms with Crippen LogP contribution >= 0.6 is 12.2 Å². The summed E-state index contributed by atoms with van der Waals surface area (Å²) in [4.78, 5) is 0. The summed E-state index contributed by atoms with van der Waals surface area (Å²) in [5, 5.41) is 22.9. The number of aliphatic hydroxyl groups excluding tert-OH is 1. The highest BCUT2D eigenvalue weighted by Crippen LogP contribution is 2.19. The Morgan fingerprint density at radius 1 is 1.44 bits per heavy atom. The van der Waals surface area contributed by atoms with E-state index in [2.05, 4.69) is 20.8 Å². The predicted molar refractivity (Wildman–Crippen MR) is 67.4 cm³/mol. The van der Waals surface area contributed by atoms with Crippen LogP contribution in [0.5, 0.6) is 0 Å². The van der Waals surface area contributed by atoms with Gasteiger partial charge in [0.15, 0.2) is 10.9 Å². The largest absolute Gasteiger partial charge is 0.395 e. The van der Waals surface area contributed by atoms with Gasteiger partial charge in [-0.1, -0.05) is 12.1 Å². The number of nitrogens with zero attached hydrogens (tertiary/aromatic N) is 1. The molecule has 0 saturated heterocycles. The number of hydrogen-bond acceptors (Lipinski definition) is 3. The predicted octanol–water partition coefficient (Wildman–Crippen LogP) is 0.842. The number of thiocarbonyl (C=S) groups is 1. The minimum atomic E-state index is 0.0448. The molecule has 16 heavy (non-hydrogen) atoms. The van der Waals surface area contributed by atoms with Crippen LogP contribution in [0.15, 0.2) is 24.3 Å². The van der Waals surface area contributed by atoms with Gasteiger partial charge < -0.3 is 15.7 Å². The highest BCUT2D eigenvalue weighted by molar-refractivity contribution is 7.80. The van der Waals surface area contributed by atoms with Crippen LogP contribution in [0.1, 0.15) is 0 Å². The average Bonchev–Trinajstić information content (AvgIpc) is 2.70. The van der Waals surface area contributed by atoms with Crippen molar-refractivity contribution in [1.82, 2.24) is 15.5 Å². The molecule has 0 saturated carbocycles. The third-order valence-corrected chi connectivity index (χ3v) is 2.35. The molecule has 2 aromatic rings. The number of hydrogen-bond donors (Lipinski definition) is 4. The number of H-pyrrole nitrogens is 1. The molecule has 0 amide bonds. The molecule has 0 aliphatic heterocycles. The van der Waals surface area contributed by atoms with Crippen LogP contribution in [0.4, 0.5) is 5.82 Å². The monoisotopic (exact) mass is 236 g/mol. The maximum Gasteiger partial charge on any atom is 0.172 e. The van der Waals surface area contributed by atoms with E-state index < -0.39 is 0 Å². The number of aliphatic hydroxyl groups is 1. The smallest absolute Gasteiger partial charge is 0.172 e. The van der Waals surface area contributed by atoms with Crippen LogP contribution < -0.4 is 10.6 Å². The van der Waals surface area contributed by atoms with Crippen molar-refractivity contribution in [3.8, 4) is 0 Å². The van der Waals surface area contributed by atoms with Crippen molar-refractivity contribution < 1.29 is 5.11 Å². The fourth-order valence-corrected chi connectivity index (χ4v) is 1.58. The Bertz CT molecular complexity index is 496. The lowest BCUT2D eigenvalue weighted by Gasteiger charge is -2.06. The molecule has 4 N–H and O–H groups in total. The van der Waals surface area contributed by atoms with Gasteiger partial charge >= 0.3 is 0 Å². The van der Waals surface area contributed by atoms with Gasteiger partial charge in [-0.3, -0.25) is 5.10 Å². The van der Waals surface area contributed by atoms with Gasteiger partial charge in [0, 0.05) is 11.9 Å². The normalized spacial score (nSPS) is 10.3. The van der Waals surface area contributed by atoms with E-state index in [1.807, 2.05) is 24.3 Å². The Morgan fingerprint density at radius 2 is 2.25 bits per heavy atom. The maximum absolute atomic E-state index is 8.64. The number of anilines is 1. The molecule has 0 atom stereocenters. The minimum absolute atomic E-state index is 0.0448. The van der Waals surface area contributed by atoms with Crippen molar-refractivity contribution >= 4 is 34.1 Å². The van der Waals surface area contributed by atoms with Crippen molar-refractivity contribution in [1.29, 1.82) is 0 Å². The van der Waals surface area contributed by atoms with E-state index in [0.29, 0.717) is 17.5 Å². The number of rotatable bonds is 3. The molecule has 1 aromatic heterocycles. The van der Waals surface area contributed by atoms with Gasteiger partial charge in [0.25, 0.3) is 0 Å². The quantitative estimate of drug-likeness (QED) is 0.594. The summed E-state index contributed by atoms with van der Waals surface area (Å²) in [7, 11) is 0. The highest BCUT2D eigenvalue weighted by atomic mass is 32.1. The molecule has 0 radical (unpaired) electrons. The lowest BCUT2D eigenvalue weighted by atomic mass is 10.2. The Kier molecular flexibility index (Phi) is 3.33. The second-order valence-corrected chi connectivity index (χ2v) is 3.63. The Hall–Kier alpha value is -1.66. The molecule has 6 heteroatoms. The molecule has 5 nitrogen and oxygen atoms in total. The van der Waals surface area contributed by atoms with E-state index in [0.717, 1.165) is 10.9 Å². The minimum Gasteiger partial charge on any atom is -0.395 e. The third-order valence-electron chi connectivity index (χ3n) is 2.10. The SMILES string of the molecule is OCCNC(=S)Nc1n[nH]c2ccccc12. The first-order valence-corrected chi connectivity index (χ1v) is 5.31. The maximum atomic E-state index is 8.64. The molecule has 0 aliphatic rings. The van der Waals surface area contributed by atoms with Crippen LogP contribution in [-0.4, -0.2) is 33.6 Å². The van der Waals surface area contributed by atoms with Gasteiger partial charge in [0.05, 0.1) is 12.1 Å². The van der Waals surface area contributed by atoms with E-state index in [1.54, 1.807) is 0 Å². The van der Waals surface area contributed by atoms with E-state index >= 15 is 0 Å². The van der Waals surface area contributed by atoms with E-state index in [-0.39, 0.29) is 6.61 Å². The zero-order valence-electron chi connectivity index (χ0n) is 8.53. The molecular weight excluding hydrogens is 224 g/mol. The Balaban J connectivity index is 2.12. The summed E-state index contributed by atoms with van der Waals surface area (Å²) in [5.74, 6) is 0.686. The van der Waals surface area contributed by atoms with E-state index in [9.17, 15) is 0 Å². The average molecular weight is 236 g/mol. The highest BCUT2D eigenvalue weighted by Gasteiger charge is 2.05. The summed E-state index contributed by atoms with van der Waals surface area (Å²) in [6, 6.07) is 7.77. The number of fused-ring (bicyclic) bond motifs is 1. The summed E-state index contributed by atoms with van der Waals surface area (Å²) in [5.41, 5.74) is 0.954. The van der Waals surface area contributed by atoms with Crippen LogP contribution in [-0.2, 0) is 0 Å². The molecule has 2 rings (SSSR count). The number of nitrogens with one attached hydrogen (secondary N) is 3. The fraction of sp³-hybridized carbons (Fsp3) is 0.200. The van der Waals surface area contributed by atoms with Crippen LogP contribution in [0, 0.1) is 0 Å². The van der Waals surface area contributed by atoms with Gasteiger partial charge in [-0.25, -0.2) is 0 Å². The first-order valence-electron chi connectivity index (χ1n) is 4.90. The van der Waals surface area contributed by atoms with E-state index in [1.165, 1.54) is 0 Å². The summed E-state index contributed by atoms with van der Waals surface area (Å²) in [6.07, 6.45) is 0. The van der Waals surface area contributed by atoms with Gasteiger partial charge in [-0.15, -0.1) is 0 Å². The summed E-state index contributed by atoms with van der Waals surface area (Å²) in [6.45, 7) is 0.470. The van der Waals surface area contributed by atoms with Crippen molar-refractivity contribution in [3.63, 3.8) is 0 Å². The second-order valence-electron chi connectivity index (χ2n) is 3.22. The lowest BCUT2D eigenvalue weighted by Crippen LogP contribution is -2.30. The molecule has 0 unspecified atom stereocenters. The first kappa shape index (κ1) is 10.8. The zero-order valence-corrected chi connectivity index (χ0v) is 9.34. The lowest BCUT2D eigenvalue weighted by molar-refractivity contribution is 0.300. The first-order chi connectivity index (χ1) is 7.81. The topological polar surface area (TPSA) is 73.0 Å². The molecule has 0 bridgehead atoms. The van der Waals surface area contributed by atoms with E-state index in [4.69, 9.17) is 17.3 Å². The molecule has 0 spiro atoms. The van der Waals surface area contributed by atoms with Crippen molar-refractivity contribution in [2.45, 2.75) is 0 Å². The zero-order chi connectivity index (χ0) is 11.4. The summed E-state index contributed by atoms with van der Waals surface area (Å²) >= 11 is 5.04. The van der Waals surface area contributed by atoms with Gasteiger partial charge in [0.2, 0.25) is 0 Å². The number of aromatic amines is 1. The van der Waals surface area contributed by atoms with Gasteiger partial charge in [-0.05, 0) is 24.4 Å². The van der Waals surface area contributed by atoms with Crippen molar-refractivity contribution in [2.75, 3.05) is 18.5 Å². The number of para-hydroxylation sites is 1. The molecule has 1 aromatic carbocycles. The molecular formula is C10H12N4OS. The van der Waals surface area contributed by atoms with Crippen molar-refractivity contribution in [2.24, 2.45) is 0 Å². The standard InChI is InChI=1S/C10H12N4OS/c15-6-5-11-10(16)12-9-7-3-1-2-4-8(7)13-14-9/h1-4,15H,5-6H2,(H3,11,12,13,14,16). The van der Waals surface area contributed by atoms with Gasteiger partial charge in [-0.2, -0.15) is 5.10 Å². The summed E-state index contributed by atoms with van der Waals surface area (Å²) < 4.78 is 0. The fourth-order valence-electron chi connectivity index (χ4n) is 1.38.